The van der Waals surface area contributed by atoms with Crippen LogP contribution in [-0.2, 0) is 4.79 Å². The monoisotopic (exact) mass is 401 g/mol. The summed E-state index contributed by atoms with van der Waals surface area (Å²) < 4.78 is 0. The van der Waals surface area contributed by atoms with Crippen LogP contribution >= 0.6 is 0 Å². The summed E-state index contributed by atoms with van der Waals surface area (Å²) >= 11 is 0. The summed E-state index contributed by atoms with van der Waals surface area (Å²) in [6, 6.07) is -0.792. The van der Waals surface area contributed by atoms with E-state index >= 15 is 0 Å². The van der Waals surface area contributed by atoms with Gasteiger partial charge in [0.05, 0.1) is 5.70 Å². The summed E-state index contributed by atoms with van der Waals surface area (Å²) in [6.07, 6.45) is 8.87. The Hall–Kier alpha value is -2.70. The number of hydrogen-bond acceptors (Lipinski definition) is 5. The smallest absolute Gasteiger partial charge is 0.316 e. The van der Waals surface area contributed by atoms with E-state index in [1.54, 1.807) is 13.3 Å². The Kier molecular flexibility index (Phi) is 10.1. The molecule has 2 amide bonds. The van der Waals surface area contributed by atoms with Gasteiger partial charge < -0.3 is 16.4 Å². The van der Waals surface area contributed by atoms with E-state index in [1.165, 1.54) is 31.5 Å². The number of carbonyl (C=O) groups is 2. The first kappa shape index (κ1) is 24.3. The van der Waals surface area contributed by atoms with Crippen molar-refractivity contribution in [2.45, 2.75) is 53.9 Å². The van der Waals surface area contributed by atoms with Crippen LogP contribution in [0.25, 0.3) is 0 Å². The van der Waals surface area contributed by atoms with Crippen LogP contribution in [0.3, 0.4) is 0 Å². The van der Waals surface area contributed by atoms with Crippen LogP contribution in [0, 0.1) is 11.8 Å². The fourth-order valence-electron chi connectivity index (χ4n) is 2.65. The lowest BCUT2D eigenvalue weighted by Gasteiger charge is -2.17. The zero-order valence-electron chi connectivity index (χ0n) is 18.5. The Morgan fingerprint density at radius 2 is 1.86 bits per heavy atom. The van der Waals surface area contributed by atoms with E-state index < -0.39 is 6.03 Å². The third kappa shape index (κ3) is 9.36. The number of primary amides is 1. The van der Waals surface area contributed by atoms with Crippen molar-refractivity contribution >= 4 is 23.7 Å². The summed E-state index contributed by atoms with van der Waals surface area (Å²) in [5.74, 6) is 0.910. The molecule has 1 rings (SSSR count). The van der Waals surface area contributed by atoms with E-state index in [4.69, 9.17) is 5.73 Å². The van der Waals surface area contributed by atoms with Gasteiger partial charge in [0.25, 0.3) is 0 Å². The molecule has 7 nitrogen and oxygen atoms in total. The van der Waals surface area contributed by atoms with Gasteiger partial charge in [-0.3, -0.25) is 14.8 Å². The Labute approximate surface area is 174 Å². The van der Waals surface area contributed by atoms with Crippen molar-refractivity contribution < 1.29 is 9.59 Å². The van der Waals surface area contributed by atoms with Crippen LogP contribution in [0.4, 0.5) is 4.79 Å². The van der Waals surface area contributed by atoms with Crippen molar-refractivity contribution in [3.8, 4) is 0 Å². The predicted molar refractivity (Wildman–Crippen MR) is 120 cm³/mol. The number of rotatable bonds is 11. The highest BCUT2D eigenvalue weighted by Gasteiger charge is 2.21. The van der Waals surface area contributed by atoms with Crippen molar-refractivity contribution in [1.82, 2.24) is 10.6 Å². The van der Waals surface area contributed by atoms with E-state index in [-0.39, 0.29) is 11.5 Å². The standard InChI is InChI=1S/C22H35N5O2/c1-7-14(2)20(25-12-18-8-9-18)10-15(3)26-16(4)19(13-24-6)11-21(17(5)28)27-22(23)29/h10-11,13-14,18,25H,7-9,12H2,1-6H3,(H3,23,27,29)/b19-16+,20-10+,21-11-,24-13-,26-15-/t14-/m1/s1. The molecule has 1 aliphatic rings. The highest BCUT2D eigenvalue weighted by atomic mass is 16.2. The molecular weight excluding hydrogens is 366 g/mol. The predicted octanol–water partition coefficient (Wildman–Crippen LogP) is 3.49. The molecule has 1 aliphatic carbocycles. The molecule has 0 aromatic heterocycles. The van der Waals surface area contributed by atoms with Crippen LogP contribution in [0.5, 0.6) is 0 Å². The molecule has 0 aromatic carbocycles. The maximum atomic E-state index is 11.8. The highest BCUT2D eigenvalue weighted by Crippen LogP contribution is 2.28. The minimum absolute atomic E-state index is 0.0986. The van der Waals surface area contributed by atoms with Gasteiger partial charge >= 0.3 is 6.03 Å². The molecule has 0 radical (unpaired) electrons. The van der Waals surface area contributed by atoms with Gasteiger partial charge in [-0.2, -0.15) is 0 Å². The Balaban J connectivity index is 3.21. The summed E-state index contributed by atoms with van der Waals surface area (Å²) in [7, 11) is 1.63. The van der Waals surface area contributed by atoms with Crippen LogP contribution < -0.4 is 16.4 Å². The van der Waals surface area contributed by atoms with Gasteiger partial charge in [-0.1, -0.05) is 13.8 Å². The first-order valence-corrected chi connectivity index (χ1v) is 10.1. The zero-order chi connectivity index (χ0) is 22.0. The Morgan fingerprint density at radius 1 is 1.21 bits per heavy atom. The second-order valence-corrected chi connectivity index (χ2v) is 7.52. The minimum atomic E-state index is -0.792. The molecular formula is C22H35N5O2. The lowest BCUT2D eigenvalue weighted by molar-refractivity contribution is -0.113. The van der Waals surface area contributed by atoms with E-state index in [1.807, 2.05) is 13.8 Å². The number of carbonyl (C=O) groups excluding carboxylic acids is 2. The average molecular weight is 402 g/mol. The number of nitrogens with one attached hydrogen (secondary N) is 2. The number of nitrogens with two attached hydrogens (primary N) is 1. The number of hydrogen-bond donors (Lipinski definition) is 3. The van der Waals surface area contributed by atoms with Gasteiger partial charge in [0.15, 0.2) is 5.78 Å². The van der Waals surface area contributed by atoms with Crippen LogP contribution in [0.1, 0.15) is 53.9 Å². The molecule has 4 N–H and O–H groups in total. The van der Waals surface area contributed by atoms with Crippen molar-refractivity contribution in [1.29, 1.82) is 0 Å². The number of nitrogens with zero attached hydrogens (tertiary/aromatic N) is 2. The molecule has 1 saturated carbocycles. The van der Waals surface area contributed by atoms with Crippen LogP contribution in [0.15, 0.2) is 44.8 Å². The van der Waals surface area contributed by atoms with Crippen molar-refractivity contribution in [2.75, 3.05) is 13.6 Å². The molecule has 1 atom stereocenters. The quantitative estimate of drug-likeness (QED) is 0.280. The van der Waals surface area contributed by atoms with Gasteiger partial charge in [0, 0.05) is 49.4 Å². The SMILES string of the molecule is CC[C@@H](C)/C(=C\C(C)=N/C(C)=C(/C=N\C)\C=C(/NC(N)=O)C(C)=O)NCC1CC1. The number of ketones is 1. The van der Waals surface area contributed by atoms with Gasteiger partial charge in [0.2, 0.25) is 0 Å². The topological polar surface area (TPSA) is 109 Å². The number of aliphatic imine (C=N–C) groups is 2. The Morgan fingerprint density at radius 3 is 2.34 bits per heavy atom. The van der Waals surface area contributed by atoms with Gasteiger partial charge in [-0.15, -0.1) is 0 Å². The van der Waals surface area contributed by atoms with Crippen molar-refractivity contribution in [2.24, 2.45) is 27.6 Å². The lowest BCUT2D eigenvalue weighted by Crippen LogP contribution is -2.31. The molecule has 0 bridgehead atoms. The molecule has 0 aromatic rings. The largest absolute Gasteiger partial charge is 0.388 e. The molecule has 0 unspecified atom stereocenters. The molecule has 0 spiro atoms. The van der Waals surface area contributed by atoms with E-state index in [2.05, 4.69) is 40.5 Å². The first-order chi connectivity index (χ1) is 13.7. The number of urea groups is 1. The fourth-order valence-corrected chi connectivity index (χ4v) is 2.65. The average Bonchev–Trinajstić information content (AvgIpc) is 3.47. The molecule has 0 aliphatic heterocycles. The van der Waals surface area contributed by atoms with Gasteiger partial charge in [0.1, 0.15) is 0 Å². The maximum absolute atomic E-state index is 11.8. The number of Topliss-reactive ketones (excluding diaryl/α,β-unsaturated/α-hetero) is 1. The summed E-state index contributed by atoms with van der Waals surface area (Å²) in [5.41, 5.74) is 8.59. The third-order valence-corrected chi connectivity index (χ3v) is 4.77. The summed E-state index contributed by atoms with van der Waals surface area (Å²) in [6.45, 7) is 10.5. The van der Waals surface area contributed by atoms with E-state index in [0.717, 1.165) is 24.6 Å². The van der Waals surface area contributed by atoms with Crippen molar-refractivity contribution in [3.63, 3.8) is 0 Å². The normalized spacial score (nSPS) is 17.8. The van der Waals surface area contributed by atoms with Gasteiger partial charge in [-0.25, -0.2) is 4.79 Å². The molecule has 7 heteroatoms. The summed E-state index contributed by atoms with van der Waals surface area (Å²) in [4.78, 5) is 31.7. The van der Waals surface area contributed by atoms with Crippen LogP contribution in [-0.4, -0.2) is 37.3 Å². The zero-order valence-corrected chi connectivity index (χ0v) is 18.5. The summed E-state index contributed by atoms with van der Waals surface area (Å²) in [5, 5.41) is 5.93. The highest BCUT2D eigenvalue weighted by molar-refractivity contribution is 5.99. The third-order valence-electron chi connectivity index (χ3n) is 4.77. The fraction of sp³-hybridized carbons (Fsp3) is 0.545. The van der Waals surface area contributed by atoms with E-state index in [9.17, 15) is 9.59 Å². The Bertz CT molecular complexity index is 755. The second kappa shape index (κ2) is 12.0. The molecule has 1 fully saturated rings. The maximum Gasteiger partial charge on any atom is 0.316 e. The second-order valence-electron chi connectivity index (χ2n) is 7.52. The lowest BCUT2D eigenvalue weighted by atomic mass is 10.0. The number of amides is 2. The van der Waals surface area contributed by atoms with Crippen molar-refractivity contribution in [3.05, 3.63) is 34.8 Å². The van der Waals surface area contributed by atoms with Crippen LogP contribution in [0.2, 0.25) is 0 Å². The molecule has 160 valence electrons. The number of allylic oxidation sites excluding steroid dienone is 6. The molecule has 0 heterocycles. The molecule has 0 saturated heterocycles. The minimum Gasteiger partial charge on any atom is -0.388 e. The van der Waals surface area contributed by atoms with E-state index in [0.29, 0.717) is 17.2 Å². The first-order valence-electron chi connectivity index (χ1n) is 10.1. The van der Waals surface area contributed by atoms with Gasteiger partial charge in [-0.05, 0) is 57.1 Å². The molecule has 29 heavy (non-hydrogen) atoms.